The van der Waals surface area contributed by atoms with E-state index in [1.54, 1.807) is 0 Å². The van der Waals surface area contributed by atoms with Gasteiger partial charge in [-0.1, -0.05) is 0 Å². The minimum atomic E-state index is 0.388. The van der Waals surface area contributed by atoms with Crippen LogP contribution in [0.3, 0.4) is 0 Å². The van der Waals surface area contributed by atoms with E-state index in [9.17, 15) is 0 Å². The van der Waals surface area contributed by atoms with Crippen molar-refractivity contribution < 1.29 is 0 Å². The summed E-state index contributed by atoms with van der Waals surface area (Å²) in [5, 5.41) is 3.47. The number of aromatic nitrogens is 2. The Hall–Kier alpha value is -0.870. The van der Waals surface area contributed by atoms with Crippen molar-refractivity contribution in [1.29, 1.82) is 0 Å². The Morgan fingerprint density at radius 2 is 2.38 bits per heavy atom. The van der Waals surface area contributed by atoms with Crippen molar-refractivity contribution in [3.8, 4) is 0 Å². The van der Waals surface area contributed by atoms with Crippen molar-refractivity contribution in [3.63, 3.8) is 0 Å². The van der Waals surface area contributed by atoms with Crippen LogP contribution in [0.1, 0.15) is 11.9 Å². The van der Waals surface area contributed by atoms with E-state index in [1.807, 2.05) is 19.4 Å². The van der Waals surface area contributed by atoms with Crippen LogP contribution >= 0.6 is 0 Å². The SMILES string of the molecule is CN1CCNC(c2nccn2C)C1. The number of aryl methyl sites for hydroxylation is 1. The Bertz CT molecular complexity index is 281. The molecule has 72 valence electrons. The molecule has 13 heavy (non-hydrogen) atoms. The monoisotopic (exact) mass is 180 g/mol. The van der Waals surface area contributed by atoms with E-state index in [2.05, 4.69) is 26.8 Å². The van der Waals surface area contributed by atoms with Crippen LogP contribution in [0.15, 0.2) is 12.4 Å². The normalized spacial score (nSPS) is 24.9. The number of piperazine rings is 1. The predicted molar refractivity (Wildman–Crippen MR) is 51.4 cm³/mol. The van der Waals surface area contributed by atoms with E-state index in [4.69, 9.17) is 0 Å². The van der Waals surface area contributed by atoms with Gasteiger partial charge in [-0.2, -0.15) is 0 Å². The maximum absolute atomic E-state index is 4.35. The molecule has 1 aliphatic heterocycles. The van der Waals surface area contributed by atoms with E-state index in [-0.39, 0.29) is 0 Å². The first-order valence-corrected chi connectivity index (χ1v) is 4.66. The van der Waals surface area contributed by atoms with Crippen molar-refractivity contribution in [2.75, 3.05) is 26.7 Å². The smallest absolute Gasteiger partial charge is 0.126 e. The van der Waals surface area contributed by atoms with Gasteiger partial charge in [0.05, 0.1) is 6.04 Å². The molecular weight excluding hydrogens is 164 g/mol. The average Bonchev–Trinajstić information content (AvgIpc) is 2.51. The maximum Gasteiger partial charge on any atom is 0.126 e. The van der Waals surface area contributed by atoms with E-state index < -0.39 is 0 Å². The van der Waals surface area contributed by atoms with Crippen LogP contribution in [0.5, 0.6) is 0 Å². The molecule has 0 amide bonds. The summed E-state index contributed by atoms with van der Waals surface area (Å²) in [5.74, 6) is 1.13. The van der Waals surface area contributed by atoms with Crippen molar-refractivity contribution in [2.45, 2.75) is 6.04 Å². The first-order valence-electron chi connectivity index (χ1n) is 4.66. The quantitative estimate of drug-likeness (QED) is 0.660. The number of nitrogens with zero attached hydrogens (tertiary/aromatic N) is 3. The lowest BCUT2D eigenvalue weighted by atomic mass is 10.2. The second-order valence-electron chi connectivity index (χ2n) is 3.67. The van der Waals surface area contributed by atoms with Crippen LogP contribution < -0.4 is 5.32 Å². The van der Waals surface area contributed by atoms with Crippen LogP contribution in [-0.4, -0.2) is 41.1 Å². The lowest BCUT2D eigenvalue weighted by Gasteiger charge is -2.30. The summed E-state index contributed by atoms with van der Waals surface area (Å²) >= 11 is 0. The lowest BCUT2D eigenvalue weighted by molar-refractivity contribution is 0.233. The molecule has 0 aromatic carbocycles. The summed E-state index contributed by atoms with van der Waals surface area (Å²) < 4.78 is 2.08. The van der Waals surface area contributed by atoms with Gasteiger partial charge in [0.1, 0.15) is 5.82 Å². The first-order chi connectivity index (χ1) is 6.27. The first kappa shape index (κ1) is 8.72. The number of hydrogen-bond acceptors (Lipinski definition) is 3. The molecule has 4 heteroatoms. The predicted octanol–water partition coefficient (Wildman–Crippen LogP) is -0.00380. The van der Waals surface area contributed by atoms with Gasteiger partial charge < -0.3 is 14.8 Å². The Labute approximate surface area is 78.6 Å². The third kappa shape index (κ3) is 1.73. The van der Waals surface area contributed by atoms with Gasteiger partial charge in [0.15, 0.2) is 0 Å². The van der Waals surface area contributed by atoms with Gasteiger partial charge in [0.2, 0.25) is 0 Å². The second kappa shape index (κ2) is 3.47. The molecule has 1 fully saturated rings. The number of rotatable bonds is 1. The van der Waals surface area contributed by atoms with Crippen LogP contribution in [0, 0.1) is 0 Å². The zero-order valence-corrected chi connectivity index (χ0v) is 8.20. The third-order valence-electron chi connectivity index (χ3n) is 2.55. The fourth-order valence-corrected chi connectivity index (χ4v) is 1.78. The third-order valence-corrected chi connectivity index (χ3v) is 2.55. The van der Waals surface area contributed by atoms with Crippen LogP contribution in [0.25, 0.3) is 0 Å². The van der Waals surface area contributed by atoms with Gasteiger partial charge >= 0.3 is 0 Å². The van der Waals surface area contributed by atoms with E-state index in [1.165, 1.54) is 0 Å². The molecule has 1 atom stereocenters. The van der Waals surface area contributed by atoms with Gasteiger partial charge in [0, 0.05) is 39.1 Å². The average molecular weight is 180 g/mol. The van der Waals surface area contributed by atoms with Crippen LogP contribution in [0.2, 0.25) is 0 Å². The summed E-state index contributed by atoms with van der Waals surface area (Å²) in [4.78, 5) is 6.68. The maximum atomic E-state index is 4.35. The molecule has 1 unspecified atom stereocenters. The minimum absolute atomic E-state index is 0.388. The van der Waals surface area contributed by atoms with Gasteiger partial charge in [-0.15, -0.1) is 0 Å². The van der Waals surface area contributed by atoms with Crippen molar-refractivity contribution in [2.24, 2.45) is 7.05 Å². The minimum Gasteiger partial charge on any atom is -0.337 e. The number of hydrogen-bond donors (Lipinski definition) is 1. The van der Waals surface area contributed by atoms with E-state index >= 15 is 0 Å². The van der Waals surface area contributed by atoms with Gasteiger partial charge in [-0.05, 0) is 7.05 Å². The summed E-state index contributed by atoms with van der Waals surface area (Å²) in [6, 6.07) is 0.388. The van der Waals surface area contributed by atoms with E-state index in [0.717, 1.165) is 25.5 Å². The molecule has 1 aromatic heterocycles. The lowest BCUT2D eigenvalue weighted by Crippen LogP contribution is -2.44. The van der Waals surface area contributed by atoms with Gasteiger partial charge in [-0.3, -0.25) is 0 Å². The highest BCUT2D eigenvalue weighted by molar-refractivity contribution is 5.00. The summed E-state index contributed by atoms with van der Waals surface area (Å²) in [7, 11) is 4.19. The molecule has 2 heterocycles. The molecule has 0 bridgehead atoms. The fraction of sp³-hybridized carbons (Fsp3) is 0.667. The Morgan fingerprint density at radius 1 is 1.54 bits per heavy atom. The molecule has 0 saturated carbocycles. The molecule has 1 aromatic rings. The largest absolute Gasteiger partial charge is 0.337 e. The standard InChI is InChI=1S/C9H16N4/c1-12-5-3-10-8(7-12)9-11-4-6-13(9)2/h4,6,8,10H,3,5,7H2,1-2H3. The van der Waals surface area contributed by atoms with Crippen LogP contribution in [-0.2, 0) is 7.05 Å². The molecule has 4 nitrogen and oxygen atoms in total. The molecule has 1 N–H and O–H groups in total. The highest BCUT2D eigenvalue weighted by Crippen LogP contribution is 2.13. The molecule has 1 aliphatic rings. The van der Waals surface area contributed by atoms with Gasteiger partial charge in [0.25, 0.3) is 0 Å². The van der Waals surface area contributed by atoms with E-state index in [0.29, 0.717) is 6.04 Å². The van der Waals surface area contributed by atoms with Gasteiger partial charge in [-0.25, -0.2) is 4.98 Å². The molecule has 2 rings (SSSR count). The van der Waals surface area contributed by atoms with Crippen LogP contribution in [0.4, 0.5) is 0 Å². The second-order valence-corrected chi connectivity index (χ2v) is 3.67. The molecule has 0 aliphatic carbocycles. The zero-order valence-electron chi connectivity index (χ0n) is 8.20. The van der Waals surface area contributed by atoms with Crippen molar-refractivity contribution >= 4 is 0 Å². The summed E-state index contributed by atoms with van der Waals surface area (Å²) in [6.45, 7) is 3.22. The molecule has 0 spiro atoms. The highest BCUT2D eigenvalue weighted by atomic mass is 15.2. The molecule has 0 radical (unpaired) electrons. The van der Waals surface area contributed by atoms with Crippen molar-refractivity contribution in [1.82, 2.24) is 19.8 Å². The molecular formula is C9H16N4. The summed E-state index contributed by atoms with van der Waals surface area (Å²) in [6.07, 6.45) is 3.84. The Balaban J connectivity index is 2.12. The topological polar surface area (TPSA) is 33.1 Å². The number of nitrogens with one attached hydrogen (secondary N) is 1. The Kier molecular flexibility index (Phi) is 2.33. The molecule has 1 saturated heterocycles. The summed E-state index contributed by atoms with van der Waals surface area (Å²) in [5.41, 5.74) is 0. The van der Waals surface area contributed by atoms with Crippen molar-refractivity contribution in [3.05, 3.63) is 18.2 Å². The zero-order chi connectivity index (χ0) is 9.26. The number of imidazole rings is 1. The highest BCUT2D eigenvalue weighted by Gasteiger charge is 2.20. The Morgan fingerprint density at radius 3 is 3.00 bits per heavy atom. The number of likely N-dealkylation sites (N-methyl/N-ethyl adjacent to an activating group) is 1. The fourth-order valence-electron chi connectivity index (χ4n) is 1.78.